The van der Waals surface area contributed by atoms with Crippen LogP contribution in [0.3, 0.4) is 0 Å². The number of benzene rings is 3. The van der Waals surface area contributed by atoms with E-state index in [0.29, 0.717) is 23.5 Å². The number of aromatic nitrogens is 4. The number of hydrogen-bond acceptors (Lipinski definition) is 6. The Hall–Kier alpha value is -4.79. The van der Waals surface area contributed by atoms with Crippen molar-refractivity contribution in [2.45, 2.75) is 20.4 Å². The first-order chi connectivity index (χ1) is 17.0. The third-order valence-electron chi connectivity index (χ3n) is 5.68. The van der Waals surface area contributed by atoms with Gasteiger partial charge >= 0.3 is 5.91 Å². The molecule has 0 aliphatic carbocycles. The molecule has 9 heteroatoms. The summed E-state index contributed by atoms with van der Waals surface area (Å²) in [6.45, 7) is 4.14. The Morgan fingerprint density at radius 1 is 0.886 bits per heavy atom. The van der Waals surface area contributed by atoms with E-state index in [1.54, 1.807) is 24.3 Å². The lowest BCUT2D eigenvalue weighted by Gasteiger charge is -2.07. The summed E-state index contributed by atoms with van der Waals surface area (Å²) in [4.78, 5) is 26.6. The minimum atomic E-state index is -0.519. The number of fused-ring (bicyclic) bond motifs is 1. The molecule has 0 aliphatic rings. The number of hydrogen-bond donors (Lipinski definition) is 2. The molecule has 0 fully saturated rings. The maximum atomic E-state index is 12.6. The highest BCUT2D eigenvalue weighted by molar-refractivity contribution is 6.01. The van der Waals surface area contributed by atoms with Crippen molar-refractivity contribution in [2.75, 3.05) is 0 Å². The molecule has 0 aliphatic heterocycles. The van der Waals surface area contributed by atoms with Crippen LogP contribution in [-0.4, -0.2) is 32.0 Å². The number of furan rings is 1. The fourth-order valence-electron chi connectivity index (χ4n) is 3.78. The Bertz CT molecular complexity index is 1520. The van der Waals surface area contributed by atoms with E-state index in [-0.39, 0.29) is 5.76 Å². The van der Waals surface area contributed by atoms with Crippen LogP contribution in [0.5, 0.6) is 0 Å². The lowest BCUT2D eigenvalue weighted by atomic mass is 10.1. The Morgan fingerprint density at radius 2 is 1.63 bits per heavy atom. The zero-order chi connectivity index (χ0) is 24.4. The van der Waals surface area contributed by atoms with Crippen LogP contribution < -0.4 is 10.9 Å². The highest BCUT2D eigenvalue weighted by Gasteiger charge is 2.19. The van der Waals surface area contributed by atoms with E-state index in [0.717, 1.165) is 27.6 Å². The van der Waals surface area contributed by atoms with Crippen molar-refractivity contribution >= 4 is 22.8 Å². The molecule has 0 radical (unpaired) electrons. The summed E-state index contributed by atoms with van der Waals surface area (Å²) < 4.78 is 5.75. The van der Waals surface area contributed by atoms with Gasteiger partial charge in [0.15, 0.2) is 5.76 Å². The molecule has 174 valence electrons. The molecular weight excluding hydrogens is 444 g/mol. The van der Waals surface area contributed by atoms with Crippen molar-refractivity contribution in [3.05, 3.63) is 101 Å². The Kier molecular flexibility index (Phi) is 5.80. The molecule has 0 spiro atoms. The van der Waals surface area contributed by atoms with Crippen LogP contribution in [-0.2, 0) is 6.54 Å². The number of amides is 2. The largest absolute Gasteiger partial charge is 0.450 e. The van der Waals surface area contributed by atoms with Gasteiger partial charge in [0, 0.05) is 22.1 Å². The summed E-state index contributed by atoms with van der Waals surface area (Å²) in [5.74, 6) is -0.248. The molecule has 0 saturated heterocycles. The summed E-state index contributed by atoms with van der Waals surface area (Å²) >= 11 is 0. The number of nitrogens with one attached hydrogen (secondary N) is 2. The highest BCUT2D eigenvalue weighted by Crippen LogP contribution is 2.27. The second-order valence-electron chi connectivity index (χ2n) is 8.12. The zero-order valence-corrected chi connectivity index (χ0v) is 19.1. The van der Waals surface area contributed by atoms with Gasteiger partial charge in [-0.05, 0) is 42.3 Å². The van der Waals surface area contributed by atoms with E-state index in [2.05, 4.69) is 26.3 Å². The Balaban J connectivity index is 1.20. The van der Waals surface area contributed by atoms with Crippen LogP contribution in [0.25, 0.3) is 22.4 Å². The summed E-state index contributed by atoms with van der Waals surface area (Å²) in [5, 5.41) is 13.4. The standard InChI is InChI=1S/C26H22N6O3/c1-16-7-6-10-21-17(2)23(35-22(16)21)26(34)29-28-25(33)20-13-11-18(12-14-20)15-32-30-24(27-31-32)19-8-4-3-5-9-19/h3-14H,15H2,1-2H3,(H,28,33)(H,29,34). The monoisotopic (exact) mass is 466 g/mol. The third kappa shape index (κ3) is 4.51. The van der Waals surface area contributed by atoms with E-state index in [9.17, 15) is 9.59 Å². The molecule has 0 saturated carbocycles. The number of nitrogens with zero attached hydrogens (tertiary/aromatic N) is 4. The molecule has 3 aromatic carbocycles. The van der Waals surface area contributed by atoms with Gasteiger partial charge in [-0.1, -0.05) is 60.7 Å². The highest BCUT2D eigenvalue weighted by atomic mass is 16.3. The molecule has 5 aromatic rings. The molecule has 2 heterocycles. The molecule has 35 heavy (non-hydrogen) atoms. The average molecular weight is 467 g/mol. The van der Waals surface area contributed by atoms with Gasteiger partial charge in [-0.3, -0.25) is 20.4 Å². The zero-order valence-electron chi connectivity index (χ0n) is 19.1. The van der Waals surface area contributed by atoms with Crippen LogP contribution in [0.4, 0.5) is 0 Å². The van der Waals surface area contributed by atoms with Crippen molar-refractivity contribution in [3.63, 3.8) is 0 Å². The van der Waals surface area contributed by atoms with Crippen LogP contribution >= 0.6 is 0 Å². The lowest BCUT2D eigenvalue weighted by molar-refractivity contribution is 0.0831. The van der Waals surface area contributed by atoms with Gasteiger partial charge in [-0.15, -0.1) is 10.2 Å². The van der Waals surface area contributed by atoms with Crippen molar-refractivity contribution in [3.8, 4) is 11.4 Å². The number of hydrazine groups is 1. The predicted octanol–water partition coefficient (Wildman–Crippen LogP) is 3.83. The van der Waals surface area contributed by atoms with Gasteiger partial charge in [0.05, 0.1) is 6.54 Å². The van der Waals surface area contributed by atoms with E-state index < -0.39 is 11.8 Å². The normalized spacial score (nSPS) is 10.9. The number of aryl methyl sites for hydroxylation is 2. The predicted molar refractivity (Wildman–Crippen MR) is 129 cm³/mol. The second kappa shape index (κ2) is 9.22. The molecule has 2 N–H and O–H groups in total. The SMILES string of the molecule is Cc1c(C(=O)NNC(=O)c2ccc(Cn3nnc(-c4ccccc4)n3)cc2)oc2c(C)cccc12. The summed E-state index contributed by atoms with van der Waals surface area (Å²) in [6, 6.07) is 22.3. The number of carbonyl (C=O) groups excluding carboxylic acids is 2. The molecule has 0 atom stereocenters. The quantitative estimate of drug-likeness (QED) is 0.381. The van der Waals surface area contributed by atoms with E-state index in [1.807, 2.05) is 62.4 Å². The number of para-hydroxylation sites is 1. The van der Waals surface area contributed by atoms with Crippen molar-refractivity contribution in [2.24, 2.45) is 0 Å². The molecule has 0 unspecified atom stereocenters. The summed E-state index contributed by atoms with van der Waals surface area (Å²) in [7, 11) is 0. The molecule has 2 aromatic heterocycles. The first-order valence-corrected chi connectivity index (χ1v) is 11.0. The smallest absolute Gasteiger partial charge is 0.305 e. The van der Waals surface area contributed by atoms with Crippen molar-refractivity contribution < 1.29 is 14.0 Å². The molecule has 9 nitrogen and oxygen atoms in total. The fourth-order valence-corrected chi connectivity index (χ4v) is 3.78. The fraction of sp³-hybridized carbons (Fsp3) is 0.115. The van der Waals surface area contributed by atoms with E-state index in [1.165, 1.54) is 4.80 Å². The Labute approximate surface area is 200 Å². The lowest BCUT2D eigenvalue weighted by Crippen LogP contribution is -2.41. The van der Waals surface area contributed by atoms with Crippen molar-refractivity contribution in [1.82, 2.24) is 31.1 Å². The minimum absolute atomic E-state index is 0.167. The van der Waals surface area contributed by atoms with Crippen molar-refractivity contribution in [1.29, 1.82) is 0 Å². The molecule has 0 bridgehead atoms. The summed E-state index contributed by atoms with van der Waals surface area (Å²) in [6.07, 6.45) is 0. The summed E-state index contributed by atoms with van der Waals surface area (Å²) in [5.41, 5.74) is 9.36. The molecule has 2 amide bonds. The van der Waals surface area contributed by atoms with Gasteiger partial charge in [-0.25, -0.2) is 0 Å². The van der Waals surface area contributed by atoms with Crippen LogP contribution in [0.1, 0.15) is 37.6 Å². The number of tetrazole rings is 1. The van der Waals surface area contributed by atoms with Gasteiger partial charge in [0.2, 0.25) is 5.82 Å². The van der Waals surface area contributed by atoms with Crippen LogP contribution in [0.2, 0.25) is 0 Å². The third-order valence-corrected chi connectivity index (χ3v) is 5.68. The van der Waals surface area contributed by atoms with Gasteiger partial charge in [0.1, 0.15) is 5.58 Å². The van der Waals surface area contributed by atoms with Gasteiger partial charge in [0.25, 0.3) is 5.91 Å². The maximum absolute atomic E-state index is 12.6. The van der Waals surface area contributed by atoms with Gasteiger partial charge < -0.3 is 4.42 Å². The molecular formula is C26H22N6O3. The van der Waals surface area contributed by atoms with Crippen LogP contribution in [0.15, 0.2) is 77.2 Å². The Morgan fingerprint density at radius 3 is 2.37 bits per heavy atom. The van der Waals surface area contributed by atoms with Gasteiger partial charge in [-0.2, -0.15) is 4.80 Å². The van der Waals surface area contributed by atoms with Crippen LogP contribution in [0, 0.1) is 13.8 Å². The second-order valence-corrected chi connectivity index (χ2v) is 8.12. The number of rotatable bonds is 5. The van der Waals surface area contributed by atoms with E-state index >= 15 is 0 Å². The van der Waals surface area contributed by atoms with E-state index in [4.69, 9.17) is 4.42 Å². The first kappa shape index (κ1) is 22.0. The average Bonchev–Trinajstić information content (AvgIpc) is 3.49. The minimum Gasteiger partial charge on any atom is -0.450 e. The maximum Gasteiger partial charge on any atom is 0.305 e. The first-order valence-electron chi connectivity index (χ1n) is 11.0. The topological polar surface area (TPSA) is 115 Å². The number of carbonyl (C=O) groups is 2. The molecule has 5 rings (SSSR count).